The van der Waals surface area contributed by atoms with Crippen molar-refractivity contribution in [1.29, 1.82) is 0 Å². The number of rotatable bonds is 5. The average Bonchev–Trinajstić information content (AvgIpc) is 2.52. The van der Waals surface area contributed by atoms with E-state index in [2.05, 4.69) is 16.0 Å². The molecule has 2 aromatic rings. The number of hydrogen-bond donors (Lipinski definition) is 3. The Morgan fingerprint density at radius 2 is 1.73 bits per heavy atom. The number of benzene rings is 2. The summed E-state index contributed by atoms with van der Waals surface area (Å²) in [5.74, 6) is -0.275. The van der Waals surface area contributed by atoms with E-state index in [1.54, 1.807) is 24.3 Å². The minimum Gasteiger partial charge on any atom is -0.350 e. The summed E-state index contributed by atoms with van der Waals surface area (Å²) in [4.78, 5) is 23.3. The van der Waals surface area contributed by atoms with Crippen LogP contribution in [-0.4, -0.2) is 18.5 Å². The van der Waals surface area contributed by atoms with E-state index in [9.17, 15) is 9.59 Å². The Morgan fingerprint density at radius 3 is 2.45 bits per heavy atom. The highest BCUT2D eigenvalue weighted by Crippen LogP contribution is 2.10. The van der Waals surface area contributed by atoms with E-state index in [0.717, 1.165) is 5.56 Å². The molecule has 0 aliphatic heterocycles. The Hall–Kier alpha value is -2.53. The smallest absolute Gasteiger partial charge is 0.319 e. The van der Waals surface area contributed by atoms with Gasteiger partial charge in [0.15, 0.2) is 0 Å². The van der Waals surface area contributed by atoms with Gasteiger partial charge in [0.2, 0.25) is 5.91 Å². The predicted molar refractivity (Wildman–Crippen MR) is 86.8 cm³/mol. The molecule has 0 unspecified atom stereocenters. The largest absolute Gasteiger partial charge is 0.350 e. The lowest BCUT2D eigenvalue weighted by Crippen LogP contribution is -2.38. The molecule has 0 bridgehead atoms. The number of amides is 3. The summed E-state index contributed by atoms with van der Waals surface area (Å²) in [7, 11) is 0. The Bertz CT molecular complexity index is 647. The highest BCUT2D eigenvalue weighted by atomic mass is 35.5. The summed E-state index contributed by atoms with van der Waals surface area (Å²) in [6.07, 6.45) is 0. The van der Waals surface area contributed by atoms with Crippen LogP contribution in [0.3, 0.4) is 0 Å². The average molecular weight is 318 g/mol. The van der Waals surface area contributed by atoms with Gasteiger partial charge in [-0.15, -0.1) is 0 Å². The van der Waals surface area contributed by atoms with Crippen LogP contribution in [0.15, 0.2) is 54.6 Å². The van der Waals surface area contributed by atoms with Gasteiger partial charge in [0, 0.05) is 17.3 Å². The van der Waals surface area contributed by atoms with E-state index in [-0.39, 0.29) is 12.5 Å². The van der Waals surface area contributed by atoms with Gasteiger partial charge >= 0.3 is 6.03 Å². The van der Waals surface area contributed by atoms with Crippen molar-refractivity contribution in [3.8, 4) is 0 Å². The molecule has 6 heteroatoms. The summed E-state index contributed by atoms with van der Waals surface area (Å²) >= 11 is 5.86. The van der Waals surface area contributed by atoms with E-state index >= 15 is 0 Å². The number of carbonyl (C=O) groups excluding carboxylic acids is 2. The third-order valence-corrected chi connectivity index (χ3v) is 3.05. The normalized spacial score (nSPS) is 9.86. The summed E-state index contributed by atoms with van der Waals surface area (Å²) in [5.41, 5.74) is 1.56. The summed E-state index contributed by atoms with van der Waals surface area (Å²) < 4.78 is 0. The zero-order chi connectivity index (χ0) is 15.8. The molecule has 0 atom stereocenters. The first kappa shape index (κ1) is 15.9. The third kappa shape index (κ3) is 5.46. The van der Waals surface area contributed by atoms with Crippen LogP contribution in [0.4, 0.5) is 10.5 Å². The maximum Gasteiger partial charge on any atom is 0.319 e. The molecule has 0 saturated carbocycles. The molecule has 114 valence electrons. The van der Waals surface area contributed by atoms with E-state index in [1.165, 1.54) is 0 Å². The second kappa shape index (κ2) is 8.05. The zero-order valence-electron chi connectivity index (χ0n) is 11.8. The lowest BCUT2D eigenvalue weighted by molar-refractivity contribution is -0.120. The van der Waals surface area contributed by atoms with Crippen molar-refractivity contribution < 1.29 is 9.59 Å². The van der Waals surface area contributed by atoms with Crippen LogP contribution in [0.2, 0.25) is 5.02 Å². The van der Waals surface area contributed by atoms with Gasteiger partial charge in [-0.05, 0) is 29.8 Å². The molecule has 3 N–H and O–H groups in total. The molecule has 0 aliphatic rings. The van der Waals surface area contributed by atoms with Crippen LogP contribution < -0.4 is 16.0 Å². The molecule has 0 spiro atoms. The van der Waals surface area contributed by atoms with Crippen LogP contribution in [0.5, 0.6) is 0 Å². The Morgan fingerprint density at radius 1 is 0.955 bits per heavy atom. The minimum atomic E-state index is -0.427. The van der Waals surface area contributed by atoms with Crippen LogP contribution >= 0.6 is 11.6 Å². The maximum atomic E-state index is 11.7. The van der Waals surface area contributed by atoms with E-state index < -0.39 is 6.03 Å². The van der Waals surface area contributed by atoms with Crippen molar-refractivity contribution in [1.82, 2.24) is 10.6 Å². The van der Waals surface area contributed by atoms with Crippen LogP contribution in [0.1, 0.15) is 5.56 Å². The first-order valence-electron chi connectivity index (χ1n) is 6.74. The Balaban J connectivity index is 1.70. The van der Waals surface area contributed by atoms with Gasteiger partial charge in [-0.1, -0.05) is 41.9 Å². The van der Waals surface area contributed by atoms with E-state index in [4.69, 9.17) is 11.6 Å². The topological polar surface area (TPSA) is 70.2 Å². The number of para-hydroxylation sites is 1. The molecule has 0 aliphatic carbocycles. The van der Waals surface area contributed by atoms with Gasteiger partial charge in [0.1, 0.15) is 0 Å². The van der Waals surface area contributed by atoms with Crippen molar-refractivity contribution in [3.63, 3.8) is 0 Å². The van der Waals surface area contributed by atoms with Gasteiger partial charge in [-0.3, -0.25) is 4.79 Å². The number of anilines is 1. The lowest BCUT2D eigenvalue weighted by atomic mass is 10.2. The fourth-order valence-corrected chi connectivity index (χ4v) is 1.98. The van der Waals surface area contributed by atoms with Crippen LogP contribution in [0, 0.1) is 0 Å². The fraction of sp³-hybridized carbons (Fsp3) is 0.125. The molecule has 2 aromatic carbocycles. The molecule has 3 amide bonds. The molecule has 0 heterocycles. The molecule has 0 fully saturated rings. The summed E-state index contributed by atoms with van der Waals surface area (Å²) in [6, 6.07) is 15.8. The summed E-state index contributed by atoms with van der Waals surface area (Å²) in [6.45, 7) is 0.264. The Kier molecular flexibility index (Phi) is 5.80. The molecular weight excluding hydrogens is 302 g/mol. The van der Waals surface area contributed by atoms with Gasteiger partial charge in [0.05, 0.1) is 6.54 Å². The first-order chi connectivity index (χ1) is 10.6. The number of nitrogens with one attached hydrogen (secondary N) is 3. The monoisotopic (exact) mass is 317 g/mol. The molecule has 5 nitrogen and oxygen atoms in total. The molecular formula is C16H16ClN3O2. The molecule has 22 heavy (non-hydrogen) atoms. The minimum absolute atomic E-state index is 0.0980. The number of hydrogen-bond acceptors (Lipinski definition) is 2. The fourth-order valence-electron chi connectivity index (χ4n) is 1.77. The van der Waals surface area contributed by atoms with Crippen molar-refractivity contribution in [3.05, 3.63) is 65.2 Å². The second-order valence-corrected chi connectivity index (χ2v) is 5.02. The molecule has 2 rings (SSSR count). The molecule has 0 aromatic heterocycles. The summed E-state index contributed by atoms with van der Waals surface area (Å²) in [5, 5.41) is 8.44. The maximum absolute atomic E-state index is 11.7. The molecule has 0 saturated heterocycles. The standard InChI is InChI=1S/C16H16ClN3O2/c17-13-6-4-5-12(9-13)10-18-15(21)11-19-16(22)20-14-7-2-1-3-8-14/h1-9H,10-11H2,(H,18,21)(H2,19,20,22). The predicted octanol–water partition coefficient (Wildman–Crippen LogP) is 2.78. The van der Waals surface area contributed by atoms with E-state index in [0.29, 0.717) is 17.3 Å². The van der Waals surface area contributed by atoms with Crippen molar-refractivity contribution in [2.24, 2.45) is 0 Å². The highest BCUT2D eigenvalue weighted by molar-refractivity contribution is 6.30. The van der Waals surface area contributed by atoms with Gasteiger partial charge in [-0.25, -0.2) is 4.79 Å². The van der Waals surface area contributed by atoms with E-state index in [1.807, 2.05) is 30.3 Å². The third-order valence-electron chi connectivity index (χ3n) is 2.82. The number of urea groups is 1. The van der Waals surface area contributed by atoms with Crippen molar-refractivity contribution in [2.75, 3.05) is 11.9 Å². The SMILES string of the molecule is O=C(CNC(=O)Nc1ccccc1)NCc1cccc(Cl)c1. The molecule has 0 radical (unpaired) electrons. The van der Waals surface area contributed by atoms with Gasteiger partial charge in [0.25, 0.3) is 0 Å². The quantitative estimate of drug-likeness (QED) is 0.793. The first-order valence-corrected chi connectivity index (χ1v) is 7.12. The van der Waals surface area contributed by atoms with Crippen molar-refractivity contribution in [2.45, 2.75) is 6.54 Å². The number of halogens is 1. The lowest BCUT2D eigenvalue weighted by Gasteiger charge is -2.08. The Labute approximate surface area is 133 Å². The van der Waals surface area contributed by atoms with Crippen molar-refractivity contribution >= 4 is 29.2 Å². The number of carbonyl (C=O) groups is 2. The van der Waals surface area contributed by atoms with Gasteiger partial charge < -0.3 is 16.0 Å². The van der Waals surface area contributed by atoms with Crippen LogP contribution in [0.25, 0.3) is 0 Å². The van der Waals surface area contributed by atoms with Crippen LogP contribution in [-0.2, 0) is 11.3 Å². The highest BCUT2D eigenvalue weighted by Gasteiger charge is 2.05. The van der Waals surface area contributed by atoms with Gasteiger partial charge in [-0.2, -0.15) is 0 Å². The second-order valence-electron chi connectivity index (χ2n) is 4.58. The zero-order valence-corrected chi connectivity index (χ0v) is 12.6.